The lowest BCUT2D eigenvalue weighted by Crippen LogP contribution is -2.45. The van der Waals surface area contributed by atoms with Gasteiger partial charge in [-0.1, -0.05) is 17.7 Å². The van der Waals surface area contributed by atoms with Crippen LogP contribution in [0.4, 0.5) is 0 Å². The summed E-state index contributed by atoms with van der Waals surface area (Å²) in [6.45, 7) is 2.27. The van der Waals surface area contributed by atoms with E-state index in [-0.39, 0.29) is 23.9 Å². The number of likely N-dealkylation sites (tertiary alicyclic amines) is 1. The van der Waals surface area contributed by atoms with E-state index < -0.39 is 0 Å². The molecule has 1 aliphatic heterocycles. The molecule has 2 aliphatic rings. The van der Waals surface area contributed by atoms with Crippen molar-refractivity contribution >= 4 is 5.91 Å². The predicted octanol–water partition coefficient (Wildman–Crippen LogP) is 1.02. The predicted molar refractivity (Wildman–Crippen MR) is 94.4 cm³/mol. The van der Waals surface area contributed by atoms with Gasteiger partial charge in [0, 0.05) is 43.5 Å². The minimum Gasteiger partial charge on any atom is -0.481 e. The van der Waals surface area contributed by atoms with E-state index in [1.54, 1.807) is 19.5 Å². The maximum atomic E-state index is 12.5. The molecule has 1 amide bonds. The Balaban J connectivity index is 1.48. The molecule has 1 N–H and O–H groups in total. The van der Waals surface area contributed by atoms with E-state index >= 15 is 0 Å². The highest BCUT2D eigenvalue weighted by Crippen LogP contribution is 2.29. The van der Waals surface area contributed by atoms with Gasteiger partial charge in [-0.25, -0.2) is 9.67 Å². The summed E-state index contributed by atoms with van der Waals surface area (Å²) in [5.41, 5.74) is 1.04. The van der Waals surface area contributed by atoms with Gasteiger partial charge in [-0.15, -0.1) is 5.10 Å². The molecule has 8 heteroatoms. The summed E-state index contributed by atoms with van der Waals surface area (Å²) in [6.07, 6.45) is 8.43. The molecule has 1 saturated carbocycles. The molecule has 4 rings (SSSR count). The van der Waals surface area contributed by atoms with E-state index in [1.807, 2.05) is 23.0 Å². The number of nitrogens with one attached hydrogen (secondary N) is 1. The number of methoxy groups -OCH3 is 1. The maximum absolute atomic E-state index is 12.5. The van der Waals surface area contributed by atoms with Gasteiger partial charge < -0.3 is 10.1 Å². The number of carbonyl (C=O) groups is 1. The standard InChI is InChI=1S/C18H24N6O2/c1-26-18-14(6-3-7-19-18)10-23-11-15(21-17(25)13-4-2-5-13)16(12-23)24-9-8-20-22-24/h3,6-9,13,15-16H,2,4-5,10-12H2,1H3,(H,21,25)/t15-,16+/m1/s1. The van der Waals surface area contributed by atoms with Gasteiger partial charge in [0.2, 0.25) is 11.8 Å². The van der Waals surface area contributed by atoms with Gasteiger partial charge in [-0.2, -0.15) is 0 Å². The van der Waals surface area contributed by atoms with E-state index in [1.165, 1.54) is 0 Å². The number of hydrogen-bond donors (Lipinski definition) is 1. The fourth-order valence-corrected chi connectivity index (χ4v) is 3.74. The number of aromatic nitrogens is 4. The van der Waals surface area contributed by atoms with E-state index in [0.29, 0.717) is 5.88 Å². The first-order valence-corrected chi connectivity index (χ1v) is 9.11. The van der Waals surface area contributed by atoms with Crippen LogP contribution < -0.4 is 10.1 Å². The Morgan fingerprint density at radius 2 is 2.23 bits per heavy atom. The van der Waals surface area contributed by atoms with Crippen LogP contribution in [0.15, 0.2) is 30.7 Å². The number of carbonyl (C=O) groups excluding carboxylic acids is 1. The Bertz CT molecular complexity index is 746. The molecule has 0 radical (unpaired) electrons. The fourth-order valence-electron chi connectivity index (χ4n) is 3.74. The topological polar surface area (TPSA) is 85.2 Å². The van der Waals surface area contributed by atoms with Gasteiger partial charge in [0.15, 0.2) is 0 Å². The number of hydrogen-bond acceptors (Lipinski definition) is 6. The summed E-state index contributed by atoms with van der Waals surface area (Å²) in [5.74, 6) is 0.998. The quantitative estimate of drug-likeness (QED) is 0.832. The van der Waals surface area contributed by atoms with Crippen LogP contribution in [-0.2, 0) is 11.3 Å². The first kappa shape index (κ1) is 17.0. The van der Waals surface area contributed by atoms with Crippen molar-refractivity contribution in [3.05, 3.63) is 36.3 Å². The van der Waals surface area contributed by atoms with Crippen molar-refractivity contribution in [3.8, 4) is 5.88 Å². The summed E-state index contributed by atoms with van der Waals surface area (Å²) in [7, 11) is 1.63. The van der Waals surface area contributed by atoms with Gasteiger partial charge in [0.25, 0.3) is 0 Å². The number of amides is 1. The zero-order valence-corrected chi connectivity index (χ0v) is 14.9. The van der Waals surface area contributed by atoms with Gasteiger partial charge in [0.1, 0.15) is 0 Å². The highest BCUT2D eigenvalue weighted by atomic mass is 16.5. The van der Waals surface area contributed by atoms with Crippen molar-refractivity contribution in [2.24, 2.45) is 5.92 Å². The zero-order valence-electron chi connectivity index (χ0n) is 14.9. The first-order chi connectivity index (χ1) is 12.7. The molecular formula is C18H24N6O2. The van der Waals surface area contributed by atoms with E-state index in [0.717, 1.165) is 44.5 Å². The highest BCUT2D eigenvalue weighted by molar-refractivity contribution is 5.79. The van der Waals surface area contributed by atoms with Crippen LogP contribution in [0.25, 0.3) is 0 Å². The van der Waals surface area contributed by atoms with Crippen LogP contribution in [0.3, 0.4) is 0 Å². The average molecular weight is 356 g/mol. The van der Waals surface area contributed by atoms with Gasteiger partial charge in [-0.3, -0.25) is 9.69 Å². The van der Waals surface area contributed by atoms with E-state index in [4.69, 9.17) is 4.74 Å². The summed E-state index contributed by atoms with van der Waals surface area (Å²) >= 11 is 0. The van der Waals surface area contributed by atoms with Crippen LogP contribution in [0, 0.1) is 5.92 Å². The molecular weight excluding hydrogens is 332 g/mol. The van der Waals surface area contributed by atoms with Crippen LogP contribution in [-0.4, -0.2) is 57.0 Å². The minimum atomic E-state index is 0.0208. The molecule has 0 spiro atoms. The Hall–Kier alpha value is -2.48. The van der Waals surface area contributed by atoms with Crippen molar-refractivity contribution in [3.63, 3.8) is 0 Å². The van der Waals surface area contributed by atoms with E-state index in [9.17, 15) is 4.79 Å². The Morgan fingerprint density at radius 3 is 2.92 bits per heavy atom. The molecule has 2 aromatic rings. The van der Waals surface area contributed by atoms with Crippen molar-refractivity contribution in [1.82, 2.24) is 30.2 Å². The van der Waals surface area contributed by atoms with Gasteiger partial charge >= 0.3 is 0 Å². The Labute approximate surface area is 152 Å². The monoisotopic (exact) mass is 356 g/mol. The molecule has 138 valence electrons. The summed E-state index contributed by atoms with van der Waals surface area (Å²) in [4.78, 5) is 19.0. The Kier molecular flexibility index (Phi) is 4.83. The number of ether oxygens (including phenoxy) is 1. The second-order valence-corrected chi connectivity index (χ2v) is 7.06. The Morgan fingerprint density at radius 1 is 1.35 bits per heavy atom. The first-order valence-electron chi connectivity index (χ1n) is 9.11. The normalized spacial score (nSPS) is 23.6. The van der Waals surface area contributed by atoms with Crippen molar-refractivity contribution < 1.29 is 9.53 Å². The lowest BCUT2D eigenvalue weighted by molar-refractivity contribution is -0.128. The fraction of sp³-hybridized carbons (Fsp3) is 0.556. The summed E-state index contributed by atoms with van der Waals surface area (Å²) in [5, 5.41) is 11.3. The molecule has 0 unspecified atom stereocenters. The van der Waals surface area contributed by atoms with Crippen LogP contribution in [0.1, 0.15) is 30.9 Å². The number of pyridine rings is 1. The molecule has 8 nitrogen and oxygen atoms in total. The van der Waals surface area contributed by atoms with Gasteiger partial charge in [-0.05, 0) is 18.9 Å². The molecule has 2 atom stereocenters. The zero-order chi connectivity index (χ0) is 17.9. The lowest BCUT2D eigenvalue weighted by Gasteiger charge is -2.27. The molecule has 1 saturated heterocycles. The molecule has 3 heterocycles. The van der Waals surface area contributed by atoms with Crippen LogP contribution in [0.5, 0.6) is 5.88 Å². The SMILES string of the molecule is COc1ncccc1CN1C[C@@H](NC(=O)C2CCC2)[C@@H](n2ccnn2)C1. The maximum Gasteiger partial charge on any atom is 0.223 e. The number of rotatable bonds is 6. The van der Waals surface area contributed by atoms with E-state index in [2.05, 4.69) is 25.5 Å². The molecule has 0 aromatic carbocycles. The smallest absolute Gasteiger partial charge is 0.223 e. The molecule has 26 heavy (non-hydrogen) atoms. The molecule has 2 aromatic heterocycles. The van der Waals surface area contributed by atoms with Crippen LogP contribution in [0.2, 0.25) is 0 Å². The summed E-state index contributed by atoms with van der Waals surface area (Å²) in [6, 6.07) is 4.03. The van der Waals surface area contributed by atoms with Gasteiger partial charge in [0.05, 0.1) is 25.4 Å². The van der Waals surface area contributed by atoms with Crippen LogP contribution >= 0.6 is 0 Å². The third-order valence-corrected chi connectivity index (χ3v) is 5.39. The third-order valence-electron chi connectivity index (χ3n) is 5.39. The van der Waals surface area contributed by atoms with Crippen molar-refractivity contribution in [2.45, 2.75) is 37.9 Å². The average Bonchev–Trinajstić information content (AvgIpc) is 3.23. The lowest BCUT2D eigenvalue weighted by atomic mass is 9.84. The third kappa shape index (κ3) is 3.41. The minimum absolute atomic E-state index is 0.0208. The molecule has 1 aliphatic carbocycles. The second-order valence-electron chi connectivity index (χ2n) is 7.06. The largest absolute Gasteiger partial charge is 0.481 e. The summed E-state index contributed by atoms with van der Waals surface area (Å²) < 4.78 is 7.22. The van der Waals surface area contributed by atoms with Crippen molar-refractivity contribution in [1.29, 1.82) is 0 Å². The highest BCUT2D eigenvalue weighted by Gasteiger charge is 2.37. The van der Waals surface area contributed by atoms with Crippen molar-refractivity contribution in [2.75, 3.05) is 20.2 Å². The molecule has 2 fully saturated rings. The second kappa shape index (κ2) is 7.41. The molecule has 0 bridgehead atoms. The number of nitrogens with zero attached hydrogens (tertiary/aromatic N) is 5.